The van der Waals surface area contributed by atoms with Gasteiger partial charge in [-0.15, -0.1) is 11.8 Å². The van der Waals surface area contributed by atoms with Crippen LogP contribution in [0, 0.1) is 0 Å². The molecule has 11 heavy (non-hydrogen) atoms. The fraction of sp³-hybridized carbons (Fsp3) is 0.571. The predicted octanol–water partition coefficient (Wildman–Crippen LogP) is 0.664. The third-order valence-corrected chi connectivity index (χ3v) is 2.93. The van der Waals surface area contributed by atoms with Crippen molar-refractivity contribution in [3.63, 3.8) is 0 Å². The summed E-state index contributed by atoms with van der Waals surface area (Å²) in [5.41, 5.74) is 2.05. The standard InChI is InChI=1S/C7H9N2OS/c1-9-6-3-11-4-7(10)5(6)2-8-9/h2-4H2,1H3/q+1. The largest absolute Gasteiger partial charge is 0.293 e. The second kappa shape index (κ2) is 2.44. The van der Waals surface area contributed by atoms with Gasteiger partial charge in [0.2, 0.25) is 5.70 Å². The van der Waals surface area contributed by atoms with Crippen LogP contribution >= 0.6 is 11.8 Å². The molecule has 2 aliphatic heterocycles. The van der Waals surface area contributed by atoms with Crippen LogP contribution in [0.2, 0.25) is 0 Å². The van der Waals surface area contributed by atoms with E-state index in [1.54, 1.807) is 11.8 Å². The van der Waals surface area contributed by atoms with E-state index in [1.807, 2.05) is 11.7 Å². The molecule has 2 aliphatic rings. The van der Waals surface area contributed by atoms with E-state index >= 15 is 0 Å². The zero-order valence-corrected chi connectivity index (χ0v) is 7.15. The highest BCUT2D eigenvalue weighted by atomic mass is 32.2. The lowest BCUT2D eigenvalue weighted by molar-refractivity contribution is -0.509. The maximum absolute atomic E-state index is 11.3. The second-order valence-electron chi connectivity index (χ2n) is 2.66. The molecule has 0 saturated heterocycles. The first-order valence-electron chi connectivity index (χ1n) is 3.53. The van der Waals surface area contributed by atoms with Crippen LogP contribution in [-0.4, -0.2) is 35.6 Å². The molecule has 0 unspecified atom stereocenters. The van der Waals surface area contributed by atoms with Crippen molar-refractivity contribution in [2.45, 2.75) is 0 Å². The Balaban J connectivity index is 2.39. The summed E-state index contributed by atoms with van der Waals surface area (Å²) < 4.78 is 1.83. The Hall–Kier alpha value is -0.640. The molecule has 4 heteroatoms. The molecule has 0 aromatic rings. The molecule has 2 heterocycles. The topological polar surface area (TPSA) is 32.4 Å². The summed E-state index contributed by atoms with van der Waals surface area (Å²) in [7, 11) is 1.90. The second-order valence-corrected chi connectivity index (χ2v) is 3.65. The lowest BCUT2D eigenvalue weighted by Crippen LogP contribution is -2.17. The molecule has 2 rings (SSSR count). The van der Waals surface area contributed by atoms with E-state index in [4.69, 9.17) is 0 Å². The number of carbonyl (C=O) groups is 1. The van der Waals surface area contributed by atoms with Crippen LogP contribution < -0.4 is 0 Å². The van der Waals surface area contributed by atoms with E-state index in [0.29, 0.717) is 12.3 Å². The first kappa shape index (κ1) is 7.03. The molecule has 0 amide bonds. The SMILES string of the molecule is C[N+]1=NCC2=C1CSCC2=O. The Morgan fingerprint density at radius 1 is 1.55 bits per heavy atom. The van der Waals surface area contributed by atoms with E-state index in [0.717, 1.165) is 17.0 Å². The van der Waals surface area contributed by atoms with E-state index in [9.17, 15) is 4.79 Å². The molecule has 0 aliphatic carbocycles. The van der Waals surface area contributed by atoms with Crippen LogP contribution in [0.3, 0.4) is 0 Å². The van der Waals surface area contributed by atoms with E-state index in [2.05, 4.69) is 5.11 Å². The third-order valence-electron chi connectivity index (χ3n) is 1.99. The Morgan fingerprint density at radius 2 is 2.36 bits per heavy atom. The number of carbonyl (C=O) groups excluding carboxylic acids is 1. The lowest BCUT2D eigenvalue weighted by atomic mass is 10.1. The molecule has 0 atom stereocenters. The first-order chi connectivity index (χ1) is 5.29. The van der Waals surface area contributed by atoms with Gasteiger partial charge in [-0.1, -0.05) is 4.70 Å². The average Bonchev–Trinajstić information content (AvgIpc) is 2.35. The normalized spacial score (nSPS) is 23.7. The van der Waals surface area contributed by atoms with E-state index < -0.39 is 0 Å². The number of Topliss-reactive ketones (excluding diaryl/α,β-unsaturated/α-hetero) is 1. The zero-order valence-electron chi connectivity index (χ0n) is 6.33. The average molecular weight is 169 g/mol. The fourth-order valence-electron chi connectivity index (χ4n) is 1.31. The molecule has 0 aromatic carbocycles. The van der Waals surface area contributed by atoms with Crippen molar-refractivity contribution in [3.05, 3.63) is 11.3 Å². The summed E-state index contributed by atoms with van der Waals surface area (Å²) in [6.45, 7) is 0.602. The van der Waals surface area contributed by atoms with Crippen LogP contribution in [0.4, 0.5) is 0 Å². The molecule has 0 saturated carbocycles. The van der Waals surface area contributed by atoms with Gasteiger partial charge in [0.05, 0.1) is 17.1 Å². The number of ketones is 1. The van der Waals surface area contributed by atoms with Crippen molar-refractivity contribution in [3.8, 4) is 0 Å². The summed E-state index contributed by atoms with van der Waals surface area (Å²) in [6, 6.07) is 0. The zero-order chi connectivity index (χ0) is 7.84. The first-order valence-corrected chi connectivity index (χ1v) is 4.68. The number of hydrogen-bond donors (Lipinski definition) is 0. The number of hydrogen-bond acceptors (Lipinski definition) is 3. The number of azo groups is 2. The Bertz CT molecular complexity index is 280. The Labute approximate surface area is 69.2 Å². The minimum absolute atomic E-state index is 0.268. The molecule has 0 radical (unpaired) electrons. The summed E-state index contributed by atoms with van der Waals surface area (Å²) in [4.78, 5) is 11.3. The van der Waals surface area contributed by atoms with Gasteiger partial charge in [-0.25, -0.2) is 0 Å². The summed E-state index contributed by atoms with van der Waals surface area (Å²) in [6.07, 6.45) is 0. The van der Waals surface area contributed by atoms with Crippen molar-refractivity contribution in [1.82, 2.24) is 0 Å². The van der Waals surface area contributed by atoms with Crippen molar-refractivity contribution < 1.29 is 9.49 Å². The van der Waals surface area contributed by atoms with Gasteiger partial charge in [0.15, 0.2) is 12.8 Å². The Kier molecular flexibility index (Phi) is 1.56. The minimum atomic E-state index is 0.268. The highest BCUT2D eigenvalue weighted by Crippen LogP contribution is 2.25. The smallest absolute Gasteiger partial charge is 0.226 e. The van der Waals surface area contributed by atoms with Crippen LogP contribution in [0.25, 0.3) is 0 Å². The van der Waals surface area contributed by atoms with E-state index in [-0.39, 0.29) is 5.78 Å². The predicted molar refractivity (Wildman–Crippen MR) is 42.8 cm³/mol. The lowest BCUT2D eigenvalue weighted by Gasteiger charge is -2.06. The van der Waals surface area contributed by atoms with Gasteiger partial charge in [-0.2, -0.15) is 0 Å². The van der Waals surface area contributed by atoms with Crippen LogP contribution in [-0.2, 0) is 4.79 Å². The van der Waals surface area contributed by atoms with Gasteiger partial charge in [-0.05, 0) is 5.11 Å². The molecular formula is C7H9N2OS+. The van der Waals surface area contributed by atoms with Gasteiger partial charge >= 0.3 is 0 Å². The van der Waals surface area contributed by atoms with Gasteiger partial charge < -0.3 is 0 Å². The summed E-state index contributed by atoms with van der Waals surface area (Å²) in [5, 5.41) is 4.16. The molecule has 0 bridgehead atoms. The summed E-state index contributed by atoms with van der Waals surface area (Å²) in [5.74, 6) is 1.85. The number of rotatable bonds is 0. The van der Waals surface area contributed by atoms with Crippen molar-refractivity contribution >= 4 is 17.5 Å². The van der Waals surface area contributed by atoms with Crippen LogP contribution in [0.1, 0.15) is 0 Å². The van der Waals surface area contributed by atoms with Gasteiger partial charge in [-0.3, -0.25) is 4.79 Å². The molecule has 0 spiro atoms. The Morgan fingerprint density at radius 3 is 3.09 bits per heavy atom. The number of thioether (sulfide) groups is 1. The number of nitrogens with zero attached hydrogens (tertiary/aromatic N) is 2. The third kappa shape index (κ3) is 1.01. The van der Waals surface area contributed by atoms with Crippen molar-refractivity contribution in [1.29, 1.82) is 0 Å². The van der Waals surface area contributed by atoms with Crippen LogP contribution in [0.5, 0.6) is 0 Å². The molecule has 0 N–H and O–H groups in total. The monoisotopic (exact) mass is 169 g/mol. The quantitative estimate of drug-likeness (QED) is 0.499. The summed E-state index contributed by atoms with van der Waals surface area (Å²) >= 11 is 1.67. The fourth-order valence-corrected chi connectivity index (χ4v) is 2.32. The van der Waals surface area contributed by atoms with Gasteiger partial charge in [0.1, 0.15) is 6.54 Å². The van der Waals surface area contributed by atoms with Crippen molar-refractivity contribution in [2.75, 3.05) is 25.1 Å². The minimum Gasteiger partial charge on any atom is -0.293 e. The van der Waals surface area contributed by atoms with E-state index in [1.165, 1.54) is 0 Å². The van der Waals surface area contributed by atoms with Gasteiger partial charge in [0.25, 0.3) is 0 Å². The maximum Gasteiger partial charge on any atom is 0.226 e. The molecular weight excluding hydrogens is 160 g/mol. The molecule has 58 valence electrons. The van der Waals surface area contributed by atoms with Gasteiger partial charge in [0, 0.05) is 0 Å². The van der Waals surface area contributed by atoms with Crippen molar-refractivity contribution in [2.24, 2.45) is 5.11 Å². The highest BCUT2D eigenvalue weighted by Gasteiger charge is 2.32. The molecule has 3 nitrogen and oxygen atoms in total. The molecule has 0 aromatic heterocycles. The maximum atomic E-state index is 11.3. The highest BCUT2D eigenvalue weighted by molar-refractivity contribution is 8.00. The van der Waals surface area contributed by atoms with Crippen LogP contribution in [0.15, 0.2) is 16.4 Å². The molecule has 0 fully saturated rings.